The average molecular weight is 532 g/mol. The van der Waals surface area contributed by atoms with Crippen molar-refractivity contribution in [3.8, 4) is 0 Å². The quantitative estimate of drug-likeness (QED) is 0.120. The van der Waals surface area contributed by atoms with Gasteiger partial charge in [-0.3, -0.25) is 4.79 Å². The first kappa shape index (κ1) is 26.2. The van der Waals surface area contributed by atoms with Crippen molar-refractivity contribution in [1.82, 2.24) is 0 Å². The van der Waals surface area contributed by atoms with Crippen molar-refractivity contribution in [3.63, 3.8) is 0 Å². The van der Waals surface area contributed by atoms with Gasteiger partial charge >= 0.3 is 0 Å². The number of carbonyl (C=O) groups excluding carboxylic acids is 1. The van der Waals surface area contributed by atoms with E-state index in [1.54, 1.807) is 12.1 Å². The summed E-state index contributed by atoms with van der Waals surface area (Å²) in [5.74, 6) is -0.165. The van der Waals surface area contributed by atoms with Gasteiger partial charge < -0.3 is 14.3 Å². The van der Waals surface area contributed by atoms with E-state index in [1.807, 2.05) is 129 Å². The zero-order valence-corrected chi connectivity index (χ0v) is 22.8. The van der Waals surface area contributed by atoms with E-state index in [4.69, 9.17) is 4.42 Å². The number of nitrogens with one attached hydrogen (secondary N) is 1. The number of rotatable bonds is 9. The summed E-state index contributed by atoms with van der Waals surface area (Å²) < 4.78 is 21.3. The Morgan fingerprint density at radius 2 is 1.28 bits per heavy atom. The molecule has 0 bridgehead atoms. The molecule has 0 spiro atoms. The molecule has 0 radical (unpaired) electrons. The van der Waals surface area contributed by atoms with Crippen molar-refractivity contribution in [2.24, 2.45) is 0 Å². The Kier molecular flexibility index (Phi) is 7.49. The van der Waals surface area contributed by atoms with Gasteiger partial charge in [0.1, 0.15) is 0 Å². The summed E-state index contributed by atoms with van der Waals surface area (Å²) in [6.45, 7) is 4.02. The lowest BCUT2D eigenvalue weighted by Gasteiger charge is -2.39. The number of hydrogen-bond donors (Lipinski definition) is 1. The number of anilines is 1. The normalized spacial score (nSPS) is 13.4. The summed E-state index contributed by atoms with van der Waals surface area (Å²) in [4.78, 5) is 13.7. The van der Waals surface area contributed by atoms with E-state index in [-0.39, 0.29) is 11.5 Å². The SMILES string of the molecule is Cc1ccccc1NC(C)(/C(=C/C(=O)c1ccco1)P(=O)(c1ccccc1)c1ccccc1)c1ccccc1. The molecule has 1 aromatic heterocycles. The van der Waals surface area contributed by atoms with Gasteiger partial charge in [0, 0.05) is 21.6 Å². The predicted molar refractivity (Wildman–Crippen MR) is 159 cm³/mol. The monoisotopic (exact) mass is 531 g/mol. The van der Waals surface area contributed by atoms with E-state index in [0.717, 1.165) is 16.8 Å². The van der Waals surface area contributed by atoms with Gasteiger partial charge in [-0.2, -0.15) is 0 Å². The van der Waals surface area contributed by atoms with Crippen LogP contribution in [-0.4, -0.2) is 5.78 Å². The molecule has 0 fully saturated rings. The molecule has 0 aliphatic heterocycles. The predicted octanol–water partition coefficient (Wildman–Crippen LogP) is 7.70. The smallest absolute Gasteiger partial charge is 0.221 e. The molecule has 1 unspecified atom stereocenters. The number of carbonyl (C=O) groups is 1. The van der Waals surface area contributed by atoms with Crippen LogP contribution in [0.1, 0.15) is 28.6 Å². The van der Waals surface area contributed by atoms with E-state index in [1.165, 1.54) is 12.3 Å². The average Bonchev–Trinajstić information content (AvgIpc) is 3.53. The highest BCUT2D eigenvalue weighted by molar-refractivity contribution is 7.82. The van der Waals surface area contributed by atoms with Gasteiger partial charge in [0.25, 0.3) is 0 Å². The van der Waals surface area contributed by atoms with Crippen LogP contribution in [0.15, 0.2) is 149 Å². The lowest BCUT2D eigenvalue weighted by Crippen LogP contribution is -2.38. The molecule has 0 saturated heterocycles. The van der Waals surface area contributed by atoms with Crippen molar-refractivity contribution >= 4 is 29.2 Å². The zero-order chi connectivity index (χ0) is 27.3. The maximum Gasteiger partial charge on any atom is 0.221 e. The van der Waals surface area contributed by atoms with Gasteiger partial charge in [0.2, 0.25) is 5.78 Å². The van der Waals surface area contributed by atoms with Gasteiger partial charge in [-0.1, -0.05) is 109 Å². The topological polar surface area (TPSA) is 59.3 Å². The summed E-state index contributed by atoms with van der Waals surface area (Å²) in [5.41, 5.74) is 1.74. The fourth-order valence-corrected chi connectivity index (χ4v) is 8.06. The summed E-state index contributed by atoms with van der Waals surface area (Å²) in [5, 5.41) is 5.46. The fourth-order valence-electron chi connectivity index (χ4n) is 4.91. The van der Waals surface area contributed by atoms with Crippen molar-refractivity contribution < 1.29 is 13.8 Å². The number of allylic oxidation sites excluding steroid dienone is 1. The minimum absolute atomic E-state index is 0.187. The minimum atomic E-state index is -3.59. The Morgan fingerprint density at radius 1 is 0.744 bits per heavy atom. The molecule has 0 aliphatic carbocycles. The van der Waals surface area contributed by atoms with Gasteiger partial charge in [-0.25, -0.2) is 0 Å². The van der Waals surface area contributed by atoms with Crippen LogP contribution in [0.5, 0.6) is 0 Å². The van der Waals surface area contributed by atoms with E-state index >= 15 is 4.57 Å². The molecule has 39 heavy (non-hydrogen) atoms. The molecule has 0 saturated carbocycles. The second-order valence-electron chi connectivity index (χ2n) is 9.58. The van der Waals surface area contributed by atoms with Gasteiger partial charge in [0.15, 0.2) is 12.9 Å². The summed E-state index contributed by atoms with van der Waals surface area (Å²) in [6, 6.07) is 39.9. The summed E-state index contributed by atoms with van der Waals surface area (Å²) >= 11 is 0. The summed E-state index contributed by atoms with van der Waals surface area (Å²) in [7, 11) is -3.59. The molecule has 194 valence electrons. The molecular formula is C34H30NO3P. The molecule has 5 rings (SSSR count). The highest BCUT2D eigenvalue weighted by Crippen LogP contribution is 2.59. The Hall–Kier alpha value is -4.40. The van der Waals surface area contributed by atoms with Crippen molar-refractivity contribution in [2.45, 2.75) is 19.4 Å². The number of para-hydroxylation sites is 1. The number of hydrogen-bond acceptors (Lipinski definition) is 4. The van der Waals surface area contributed by atoms with E-state index in [0.29, 0.717) is 15.9 Å². The number of aryl methyl sites for hydroxylation is 1. The Labute approximate surface area is 229 Å². The van der Waals surface area contributed by atoms with Crippen LogP contribution in [0.4, 0.5) is 5.69 Å². The molecule has 0 aliphatic rings. The maximum absolute atomic E-state index is 15.8. The third kappa shape index (κ3) is 5.16. The van der Waals surface area contributed by atoms with E-state index < -0.39 is 12.7 Å². The van der Waals surface area contributed by atoms with Crippen LogP contribution < -0.4 is 15.9 Å². The van der Waals surface area contributed by atoms with Crippen molar-refractivity contribution in [3.05, 3.63) is 162 Å². The van der Waals surface area contributed by atoms with Gasteiger partial charge in [-0.05, 0) is 49.2 Å². The minimum Gasteiger partial charge on any atom is -0.461 e. The zero-order valence-electron chi connectivity index (χ0n) is 22.0. The molecule has 1 N–H and O–H groups in total. The fraction of sp³-hybridized carbons (Fsp3) is 0.0882. The molecule has 4 nitrogen and oxygen atoms in total. The third-order valence-electron chi connectivity index (χ3n) is 7.00. The molecule has 4 aromatic carbocycles. The van der Waals surface area contributed by atoms with Crippen LogP contribution in [0, 0.1) is 6.92 Å². The van der Waals surface area contributed by atoms with Crippen LogP contribution in [0.2, 0.25) is 0 Å². The standard InChI is InChI=1S/C34H30NO3P/c1-26-15-12-13-22-30(26)35-34(2,27-16-6-3-7-17-27)33(25-31(36)32-23-14-24-38-32)39(37,28-18-8-4-9-19-28)29-20-10-5-11-21-29/h3-25,35H,1-2H3/b33-25-. The Morgan fingerprint density at radius 3 is 1.82 bits per heavy atom. The van der Waals surface area contributed by atoms with Gasteiger partial charge in [-0.15, -0.1) is 0 Å². The van der Waals surface area contributed by atoms with Crippen molar-refractivity contribution in [2.75, 3.05) is 5.32 Å². The van der Waals surface area contributed by atoms with Crippen LogP contribution in [0.25, 0.3) is 0 Å². The van der Waals surface area contributed by atoms with Crippen LogP contribution in [0.3, 0.4) is 0 Å². The van der Waals surface area contributed by atoms with E-state index in [9.17, 15) is 4.79 Å². The third-order valence-corrected chi connectivity index (χ3v) is 10.3. The largest absolute Gasteiger partial charge is 0.461 e. The van der Waals surface area contributed by atoms with Crippen LogP contribution in [-0.2, 0) is 10.1 Å². The number of furan rings is 1. The van der Waals surface area contributed by atoms with E-state index in [2.05, 4.69) is 5.32 Å². The highest BCUT2D eigenvalue weighted by atomic mass is 31.2. The first-order valence-electron chi connectivity index (χ1n) is 12.8. The molecule has 5 aromatic rings. The molecule has 0 amide bonds. The summed E-state index contributed by atoms with van der Waals surface area (Å²) in [6.07, 6.45) is 2.98. The molecule has 1 heterocycles. The van der Waals surface area contributed by atoms with Crippen molar-refractivity contribution in [1.29, 1.82) is 0 Å². The Balaban J connectivity index is 1.86. The second-order valence-corrected chi connectivity index (χ2v) is 12.3. The lowest BCUT2D eigenvalue weighted by atomic mass is 9.89. The lowest BCUT2D eigenvalue weighted by molar-refractivity contribution is 0.102. The highest BCUT2D eigenvalue weighted by Gasteiger charge is 2.45. The second kappa shape index (κ2) is 11.1. The van der Waals surface area contributed by atoms with Crippen LogP contribution >= 0.6 is 7.14 Å². The maximum atomic E-state index is 15.8. The molecular weight excluding hydrogens is 501 g/mol. The first-order chi connectivity index (χ1) is 18.9. The first-order valence-corrected chi connectivity index (χ1v) is 14.5. The molecule has 5 heteroatoms. The molecule has 1 atom stereocenters. The number of benzene rings is 4. The number of ketones is 1. The Bertz CT molecular complexity index is 1580. The van der Waals surface area contributed by atoms with Gasteiger partial charge in [0.05, 0.1) is 11.8 Å².